The second-order valence-electron chi connectivity index (χ2n) is 3.88. The lowest BCUT2D eigenvalue weighted by Gasteiger charge is -2.23. The van der Waals surface area contributed by atoms with E-state index in [4.69, 9.17) is 5.11 Å². The van der Waals surface area contributed by atoms with Crippen molar-refractivity contribution in [3.63, 3.8) is 0 Å². The van der Waals surface area contributed by atoms with E-state index in [1.54, 1.807) is 13.0 Å². The van der Waals surface area contributed by atoms with Gasteiger partial charge in [0.2, 0.25) is 0 Å². The molecule has 0 aromatic heterocycles. The van der Waals surface area contributed by atoms with E-state index in [9.17, 15) is 9.59 Å². The summed E-state index contributed by atoms with van der Waals surface area (Å²) in [7, 11) is 1.36. The van der Waals surface area contributed by atoms with Crippen LogP contribution in [0.3, 0.4) is 0 Å². The number of carboxylic acids is 1. The van der Waals surface area contributed by atoms with Crippen LogP contribution in [0.25, 0.3) is 0 Å². The van der Waals surface area contributed by atoms with E-state index in [1.165, 1.54) is 7.11 Å². The summed E-state index contributed by atoms with van der Waals surface area (Å²) < 4.78 is 4.63. The number of carboxylic acid groups (broad SMARTS) is 1. The quantitative estimate of drug-likeness (QED) is 0.568. The molecule has 0 heterocycles. The molecule has 1 N–H and O–H groups in total. The Kier molecular flexibility index (Phi) is 3.88. The summed E-state index contributed by atoms with van der Waals surface area (Å²) >= 11 is 0. The third-order valence-electron chi connectivity index (χ3n) is 2.94. The van der Waals surface area contributed by atoms with Crippen molar-refractivity contribution >= 4 is 11.9 Å². The van der Waals surface area contributed by atoms with Crippen LogP contribution in [-0.4, -0.2) is 24.2 Å². The molecule has 0 bridgehead atoms. The first kappa shape index (κ1) is 11.8. The first-order chi connectivity index (χ1) is 7.06. The second-order valence-corrected chi connectivity index (χ2v) is 3.88. The van der Waals surface area contributed by atoms with Gasteiger partial charge in [0.15, 0.2) is 0 Å². The number of aliphatic carboxylic acids is 1. The Balaban J connectivity index is 2.58. The molecule has 0 aromatic rings. The topological polar surface area (TPSA) is 63.6 Å². The highest BCUT2D eigenvalue weighted by Crippen LogP contribution is 2.28. The zero-order chi connectivity index (χ0) is 11.4. The SMILES string of the molecule is COC(=O)[C@@H]1C=C[C@H]([C@H](C)C(=O)O)CC1. The average Bonchev–Trinajstić information content (AvgIpc) is 2.27. The first-order valence-corrected chi connectivity index (χ1v) is 5.05. The lowest BCUT2D eigenvalue weighted by atomic mass is 9.82. The van der Waals surface area contributed by atoms with Gasteiger partial charge in [0.1, 0.15) is 0 Å². The molecule has 0 spiro atoms. The fourth-order valence-electron chi connectivity index (χ4n) is 1.79. The van der Waals surface area contributed by atoms with Crippen molar-refractivity contribution in [2.24, 2.45) is 17.8 Å². The zero-order valence-corrected chi connectivity index (χ0v) is 8.97. The number of rotatable bonds is 3. The van der Waals surface area contributed by atoms with Crippen LogP contribution in [0.5, 0.6) is 0 Å². The molecule has 0 aromatic carbocycles. The van der Waals surface area contributed by atoms with Crippen molar-refractivity contribution in [2.75, 3.05) is 7.11 Å². The van der Waals surface area contributed by atoms with Crippen LogP contribution in [-0.2, 0) is 14.3 Å². The van der Waals surface area contributed by atoms with Crippen LogP contribution in [0.15, 0.2) is 12.2 Å². The molecule has 15 heavy (non-hydrogen) atoms. The molecule has 1 aliphatic carbocycles. The summed E-state index contributed by atoms with van der Waals surface area (Å²) in [6.07, 6.45) is 4.98. The van der Waals surface area contributed by atoms with Crippen LogP contribution in [0.4, 0.5) is 0 Å². The molecule has 0 radical (unpaired) electrons. The Morgan fingerprint density at radius 3 is 2.47 bits per heavy atom. The molecule has 0 saturated carbocycles. The van der Waals surface area contributed by atoms with Crippen molar-refractivity contribution in [3.8, 4) is 0 Å². The maximum absolute atomic E-state index is 11.2. The largest absolute Gasteiger partial charge is 0.481 e. The Labute approximate surface area is 88.9 Å². The van der Waals surface area contributed by atoms with E-state index < -0.39 is 5.97 Å². The van der Waals surface area contributed by atoms with E-state index in [1.807, 2.05) is 6.08 Å². The molecule has 0 aliphatic heterocycles. The minimum absolute atomic E-state index is 0.0309. The van der Waals surface area contributed by atoms with Gasteiger partial charge in [-0.25, -0.2) is 0 Å². The van der Waals surface area contributed by atoms with Gasteiger partial charge in [0.05, 0.1) is 18.9 Å². The predicted octanol–water partition coefficient (Wildman–Crippen LogP) is 1.46. The van der Waals surface area contributed by atoms with Gasteiger partial charge in [-0.3, -0.25) is 9.59 Å². The number of hydrogen-bond donors (Lipinski definition) is 1. The normalized spacial score (nSPS) is 27.1. The van der Waals surface area contributed by atoms with Gasteiger partial charge in [-0.2, -0.15) is 0 Å². The molecule has 4 nitrogen and oxygen atoms in total. The van der Waals surface area contributed by atoms with E-state index >= 15 is 0 Å². The minimum Gasteiger partial charge on any atom is -0.481 e. The predicted molar refractivity (Wildman–Crippen MR) is 54.2 cm³/mol. The number of carbonyl (C=O) groups excluding carboxylic acids is 1. The van der Waals surface area contributed by atoms with E-state index in [2.05, 4.69) is 4.74 Å². The standard InChI is InChI=1S/C11H16O4/c1-7(10(12)13)8-3-5-9(6-4-8)11(14)15-2/h3,5,7-9H,4,6H2,1-2H3,(H,12,13)/t7-,8-,9+/m0/s1. The number of esters is 1. The Hall–Kier alpha value is -1.32. The van der Waals surface area contributed by atoms with Gasteiger partial charge in [0, 0.05) is 0 Å². The van der Waals surface area contributed by atoms with Crippen LogP contribution >= 0.6 is 0 Å². The number of allylic oxidation sites excluding steroid dienone is 1. The number of carbonyl (C=O) groups is 2. The van der Waals surface area contributed by atoms with Crippen molar-refractivity contribution in [2.45, 2.75) is 19.8 Å². The second kappa shape index (κ2) is 4.96. The average molecular weight is 212 g/mol. The van der Waals surface area contributed by atoms with Crippen molar-refractivity contribution in [1.29, 1.82) is 0 Å². The Bertz CT molecular complexity index is 282. The molecule has 1 aliphatic rings. The Morgan fingerprint density at radius 1 is 1.40 bits per heavy atom. The number of methoxy groups -OCH3 is 1. The molecule has 84 valence electrons. The highest BCUT2D eigenvalue weighted by molar-refractivity contribution is 5.75. The van der Waals surface area contributed by atoms with Crippen molar-refractivity contribution in [1.82, 2.24) is 0 Å². The molecule has 1 rings (SSSR count). The fourth-order valence-corrected chi connectivity index (χ4v) is 1.79. The van der Waals surface area contributed by atoms with Gasteiger partial charge < -0.3 is 9.84 Å². The molecule has 0 amide bonds. The van der Waals surface area contributed by atoms with E-state index in [0.29, 0.717) is 6.42 Å². The summed E-state index contributed by atoms with van der Waals surface area (Å²) in [6, 6.07) is 0. The number of hydrogen-bond acceptors (Lipinski definition) is 3. The maximum Gasteiger partial charge on any atom is 0.312 e. The van der Waals surface area contributed by atoms with Crippen LogP contribution < -0.4 is 0 Å². The fraction of sp³-hybridized carbons (Fsp3) is 0.636. The first-order valence-electron chi connectivity index (χ1n) is 5.05. The Morgan fingerprint density at radius 2 is 2.07 bits per heavy atom. The summed E-state index contributed by atoms with van der Waals surface area (Å²) in [5.41, 5.74) is 0. The monoisotopic (exact) mass is 212 g/mol. The van der Waals surface area contributed by atoms with E-state index in [0.717, 1.165) is 6.42 Å². The third kappa shape index (κ3) is 2.81. The lowest BCUT2D eigenvalue weighted by molar-refractivity contribution is -0.144. The molecule has 0 unspecified atom stereocenters. The smallest absolute Gasteiger partial charge is 0.312 e. The molecule has 4 heteroatoms. The third-order valence-corrected chi connectivity index (χ3v) is 2.94. The summed E-state index contributed by atoms with van der Waals surface area (Å²) in [4.78, 5) is 21.9. The van der Waals surface area contributed by atoms with Crippen LogP contribution in [0.1, 0.15) is 19.8 Å². The molecular formula is C11H16O4. The van der Waals surface area contributed by atoms with Crippen molar-refractivity contribution in [3.05, 3.63) is 12.2 Å². The molecular weight excluding hydrogens is 196 g/mol. The minimum atomic E-state index is -0.791. The molecule has 0 fully saturated rings. The van der Waals surface area contributed by atoms with Gasteiger partial charge in [-0.05, 0) is 18.8 Å². The molecule has 3 atom stereocenters. The molecule has 0 saturated heterocycles. The van der Waals surface area contributed by atoms with E-state index in [-0.39, 0.29) is 23.7 Å². The maximum atomic E-state index is 11.2. The van der Waals surface area contributed by atoms with Gasteiger partial charge in [0.25, 0.3) is 0 Å². The zero-order valence-electron chi connectivity index (χ0n) is 8.97. The highest BCUT2D eigenvalue weighted by atomic mass is 16.5. The van der Waals surface area contributed by atoms with Crippen LogP contribution in [0.2, 0.25) is 0 Å². The number of ether oxygens (including phenoxy) is 1. The van der Waals surface area contributed by atoms with Gasteiger partial charge in [-0.15, -0.1) is 0 Å². The summed E-state index contributed by atoms with van der Waals surface area (Å²) in [5, 5.41) is 8.83. The van der Waals surface area contributed by atoms with Crippen molar-refractivity contribution < 1.29 is 19.4 Å². The van der Waals surface area contributed by atoms with Gasteiger partial charge >= 0.3 is 11.9 Å². The summed E-state index contributed by atoms with van der Waals surface area (Å²) in [5.74, 6) is -1.59. The van der Waals surface area contributed by atoms with Crippen LogP contribution in [0, 0.1) is 17.8 Å². The summed E-state index contributed by atoms with van der Waals surface area (Å²) in [6.45, 7) is 1.69. The lowest BCUT2D eigenvalue weighted by Crippen LogP contribution is -2.25. The van der Waals surface area contributed by atoms with Gasteiger partial charge in [-0.1, -0.05) is 19.1 Å². The highest BCUT2D eigenvalue weighted by Gasteiger charge is 2.27.